The fraction of sp³-hybridized carbons (Fsp3) is 0.533. The first-order valence-corrected chi connectivity index (χ1v) is 7.09. The van der Waals surface area contributed by atoms with Gasteiger partial charge in [0.05, 0.1) is 0 Å². The summed E-state index contributed by atoms with van der Waals surface area (Å²) in [5.74, 6) is 0. The van der Waals surface area contributed by atoms with Gasteiger partial charge in [-0.3, -0.25) is 4.90 Å². The predicted octanol–water partition coefficient (Wildman–Crippen LogP) is 2.68. The van der Waals surface area contributed by atoms with Crippen LogP contribution in [0.25, 0.3) is 0 Å². The van der Waals surface area contributed by atoms with Crippen molar-refractivity contribution in [3.63, 3.8) is 0 Å². The third-order valence-corrected chi connectivity index (χ3v) is 3.60. The maximum atomic E-state index is 11.8. The number of piperidine rings is 1. The SMILES string of the molecule is CC(CNC(=O)Nc1ccccc1)N1CCCCC1. The van der Waals surface area contributed by atoms with E-state index < -0.39 is 0 Å². The first-order chi connectivity index (χ1) is 9.25. The Labute approximate surface area is 115 Å². The first-order valence-electron chi connectivity index (χ1n) is 7.09. The summed E-state index contributed by atoms with van der Waals surface area (Å²) < 4.78 is 0. The number of likely N-dealkylation sites (tertiary alicyclic amines) is 1. The van der Waals surface area contributed by atoms with Gasteiger partial charge >= 0.3 is 6.03 Å². The Morgan fingerprint density at radius 2 is 1.89 bits per heavy atom. The van der Waals surface area contributed by atoms with Crippen LogP contribution >= 0.6 is 0 Å². The van der Waals surface area contributed by atoms with Crippen LogP contribution in [0.2, 0.25) is 0 Å². The molecule has 2 N–H and O–H groups in total. The van der Waals surface area contributed by atoms with Crippen LogP contribution < -0.4 is 10.6 Å². The summed E-state index contributed by atoms with van der Waals surface area (Å²) in [6.45, 7) is 5.18. The van der Waals surface area contributed by atoms with Crippen molar-refractivity contribution in [3.05, 3.63) is 30.3 Å². The molecular formula is C15H23N3O. The van der Waals surface area contributed by atoms with Crippen molar-refractivity contribution in [1.82, 2.24) is 10.2 Å². The lowest BCUT2D eigenvalue weighted by Crippen LogP contribution is -2.45. The number of amides is 2. The molecule has 0 aliphatic carbocycles. The van der Waals surface area contributed by atoms with E-state index in [2.05, 4.69) is 22.5 Å². The number of nitrogens with zero attached hydrogens (tertiary/aromatic N) is 1. The zero-order valence-corrected chi connectivity index (χ0v) is 11.6. The Kier molecular flexibility index (Phi) is 5.21. The highest BCUT2D eigenvalue weighted by molar-refractivity contribution is 5.89. The average Bonchev–Trinajstić information content (AvgIpc) is 2.47. The first kappa shape index (κ1) is 13.9. The van der Waals surface area contributed by atoms with Crippen molar-refractivity contribution >= 4 is 11.7 Å². The van der Waals surface area contributed by atoms with Crippen LogP contribution in [0, 0.1) is 0 Å². The van der Waals surface area contributed by atoms with Gasteiger partial charge in [-0.15, -0.1) is 0 Å². The molecule has 1 aliphatic heterocycles. The minimum atomic E-state index is -0.130. The van der Waals surface area contributed by atoms with Crippen molar-refractivity contribution in [2.45, 2.75) is 32.2 Å². The molecule has 2 rings (SSSR count). The quantitative estimate of drug-likeness (QED) is 0.875. The number of para-hydroxylation sites is 1. The molecule has 0 spiro atoms. The Hall–Kier alpha value is -1.55. The van der Waals surface area contributed by atoms with E-state index in [0.29, 0.717) is 12.6 Å². The lowest BCUT2D eigenvalue weighted by atomic mass is 10.1. The van der Waals surface area contributed by atoms with Gasteiger partial charge in [0.25, 0.3) is 0 Å². The molecule has 19 heavy (non-hydrogen) atoms. The van der Waals surface area contributed by atoms with E-state index >= 15 is 0 Å². The standard InChI is InChI=1S/C15H23N3O/c1-13(18-10-6-3-7-11-18)12-16-15(19)17-14-8-4-2-5-9-14/h2,4-5,8-9,13H,3,6-7,10-12H2,1H3,(H2,16,17,19). The van der Waals surface area contributed by atoms with Gasteiger partial charge < -0.3 is 10.6 Å². The summed E-state index contributed by atoms with van der Waals surface area (Å²) in [6, 6.07) is 9.79. The second-order valence-electron chi connectivity index (χ2n) is 5.15. The van der Waals surface area contributed by atoms with E-state index in [9.17, 15) is 4.79 Å². The molecule has 4 heteroatoms. The van der Waals surface area contributed by atoms with Gasteiger partial charge in [0.15, 0.2) is 0 Å². The smallest absolute Gasteiger partial charge is 0.319 e. The summed E-state index contributed by atoms with van der Waals surface area (Å²) >= 11 is 0. The maximum Gasteiger partial charge on any atom is 0.319 e. The van der Waals surface area contributed by atoms with Gasteiger partial charge in [-0.2, -0.15) is 0 Å². The lowest BCUT2D eigenvalue weighted by molar-refractivity contribution is 0.171. The normalized spacial score (nSPS) is 17.7. The van der Waals surface area contributed by atoms with Crippen LogP contribution in [0.1, 0.15) is 26.2 Å². The predicted molar refractivity (Wildman–Crippen MR) is 78.3 cm³/mol. The van der Waals surface area contributed by atoms with Crippen molar-refractivity contribution in [2.24, 2.45) is 0 Å². The molecular weight excluding hydrogens is 238 g/mol. The lowest BCUT2D eigenvalue weighted by Gasteiger charge is -2.32. The molecule has 1 heterocycles. The van der Waals surface area contributed by atoms with Crippen LogP contribution in [-0.4, -0.2) is 36.6 Å². The van der Waals surface area contributed by atoms with Crippen molar-refractivity contribution in [1.29, 1.82) is 0 Å². The molecule has 104 valence electrons. The third-order valence-electron chi connectivity index (χ3n) is 3.60. The highest BCUT2D eigenvalue weighted by Crippen LogP contribution is 2.11. The molecule has 0 saturated carbocycles. The third kappa shape index (κ3) is 4.56. The van der Waals surface area contributed by atoms with E-state index in [1.807, 2.05) is 30.3 Å². The highest BCUT2D eigenvalue weighted by atomic mass is 16.2. The highest BCUT2D eigenvalue weighted by Gasteiger charge is 2.16. The van der Waals surface area contributed by atoms with E-state index in [1.54, 1.807) is 0 Å². The average molecular weight is 261 g/mol. The summed E-state index contributed by atoms with van der Waals surface area (Å²) in [4.78, 5) is 14.2. The molecule has 1 atom stereocenters. The number of benzene rings is 1. The fourth-order valence-electron chi connectivity index (χ4n) is 2.43. The minimum absolute atomic E-state index is 0.130. The topological polar surface area (TPSA) is 44.4 Å². The maximum absolute atomic E-state index is 11.8. The molecule has 1 unspecified atom stereocenters. The van der Waals surface area contributed by atoms with E-state index in [0.717, 1.165) is 18.8 Å². The van der Waals surface area contributed by atoms with Crippen LogP contribution in [-0.2, 0) is 0 Å². The van der Waals surface area contributed by atoms with E-state index in [1.165, 1.54) is 19.3 Å². The molecule has 2 amide bonds. The number of hydrogen-bond donors (Lipinski definition) is 2. The zero-order valence-electron chi connectivity index (χ0n) is 11.6. The van der Waals surface area contributed by atoms with Crippen LogP contribution in [0.3, 0.4) is 0 Å². The molecule has 4 nitrogen and oxygen atoms in total. The minimum Gasteiger partial charge on any atom is -0.336 e. The van der Waals surface area contributed by atoms with Gasteiger partial charge in [0, 0.05) is 18.3 Å². The number of carbonyl (C=O) groups excluding carboxylic acids is 1. The van der Waals surface area contributed by atoms with Gasteiger partial charge in [0.2, 0.25) is 0 Å². The molecule has 1 aromatic rings. The summed E-state index contributed by atoms with van der Waals surface area (Å²) in [6.07, 6.45) is 3.90. The van der Waals surface area contributed by atoms with Gasteiger partial charge in [-0.25, -0.2) is 4.79 Å². The molecule has 1 aromatic carbocycles. The van der Waals surface area contributed by atoms with Crippen LogP contribution in [0.4, 0.5) is 10.5 Å². The Bertz CT molecular complexity index is 388. The van der Waals surface area contributed by atoms with Gasteiger partial charge in [-0.1, -0.05) is 24.6 Å². The number of rotatable bonds is 4. The van der Waals surface area contributed by atoms with Crippen molar-refractivity contribution in [2.75, 3.05) is 25.0 Å². The Morgan fingerprint density at radius 1 is 1.21 bits per heavy atom. The zero-order chi connectivity index (χ0) is 13.5. The van der Waals surface area contributed by atoms with E-state index in [-0.39, 0.29) is 6.03 Å². The summed E-state index contributed by atoms with van der Waals surface area (Å²) in [5.41, 5.74) is 0.825. The number of nitrogens with one attached hydrogen (secondary N) is 2. The summed E-state index contributed by atoms with van der Waals surface area (Å²) in [7, 11) is 0. The van der Waals surface area contributed by atoms with Gasteiger partial charge in [-0.05, 0) is 45.0 Å². The Morgan fingerprint density at radius 3 is 2.58 bits per heavy atom. The largest absolute Gasteiger partial charge is 0.336 e. The molecule has 0 radical (unpaired) electrons. The van der Waals surface area contributed by atoms with Crippen LogP contribution in [0.5, 0.6) is 0 Å². The number of anilines is 1. The molecule has 1 saturated heterocycles. The monoisotopic (exact) mass is 261 g/mol. The number of hydrogen-bond acceptors (Lipinski definition) is 2. The van der Waals surface area contributed by atoms with E-state index in [4.69, 9.17) is 0 Å². The number of urea groups is 1. The second-order valence-corrected chi connectivity index (χ2v) is 5.15. The Balaban J connectivity index is 1.71. The molecule has 0 bridgehead atoms. The second kappa shape index (κ2) is 7.14. The number of carbonyl (C=O) groups is 1. The fourth-order valence-corrected chi connectivity index (χ4v) is 2.43. The van der Waals surface area contributed by atoms with Crippen LogP contribution in [0.15, 0.2) is 30.3 Å². The van der Waals surface area contributed by atoms with Gasteiger partial charge in [0.1, 0.15) is 0 Å². The molecule has 0 aromatic heterocycles. The molecule has 1 fully saturated rings. The van der Waals surface area contributed by atoms with Crippen molar-refractivity contribution < 1.29 is 4.79 Å². The summed E-state index contributed by atoms with van der Waals surface area (Å²) in [5, 5.41) is 5.77. The molecule has 1 aliphatic rings. The van der Waals surface area contributed by atoms with Crippen molar-refractivity contribution in [3.8, 4) is 0 Å².